The number of halogens is 3. The van der Waals surface area contributed by atoms with Gasteiger partial charge in [0.15, 0.2) is 0 Å². The van der Waals surface area contributed by atoms with Crippen LogP contribution in [-0.4, -0.2) is 30.5 Å². The van der Waals surface area contributed by atoms with E-state index >= 15 is 0 Å². The summed E-state index contributed by atoms with van der Waals surface area (Å²) >= 11 is 6.58. The summed E-state index contributed by atoms with van der Waals surface area (Å²) in [4.78, 5) is 26.5. The van der Waals surface area contributed by atoms with Gasteiger partial charge in [-0.2, -0.15) is 8.42 Å². The number of carbonyl (C=O) groups excluding carboxylic acids is 2. The largest absolute Gasteiger partial charge is 0.455 e. The Hall–Kier alpha value is -0.520. The summed E-state index contributed by atoms with van der Waals surface area (Å²) in [7, 11) is -4.33. The maximum Gasteiger partial charge on any atom is 0.339 e. The van der Waals surface area contributed by atoms with E-state index in [0.29, 0.717) is 24.8 Å². The van der Waals surface area contributed by atoms with E-state index < -0.39 is 21.1 Å². The maximum atomic E-state index is 13.5. The highest BCUT2D eigenvalue weighted by molar-refractivity contribution is 14.1. The first-order chi connectivity index (χ1) is 16.4. The molecule has 4 bridgehead atoms. The summed E-state index contributed by atoms with van der Waals surface area (Å²) in [6.45, 7) is 0. The van der Waals surface area contributed by atoms with Crippen molar-refractivity contribution in [2.45, 2.75) is 49.0 Å². The zero-order valence-corrected chi connectivity index (χ0v) is 25.6. The summed E-state index contributed by atoms with van der Waals surface area (Å²) in [6.07, 6.45) is 4.36. The Morgan fingerprint density at radius 1 is 0.971 bits per heavy atom. The smallest absolute Gasteiger partial charge is 0.339 e. The predicted octanol–water partition coefficient (Wildman–Crippen LogP) is 5.85. The molecule has 7 nitrogen and oxygen atoms in total. The van der Waals surface area contributed by atoms with Crippen molar-refractivity contribution in [3.63, 3.8) is 0 Å². The van der Waals surface area contributed by atoms with Crippen molar-refractivity contribution in [3.8, 4) is 5.75 Å². The van der Waals surface area contributed by atoms with Crippen molar-refractivity contribution < 1.29 is 32.0 Å². The summed E-state index contributed by atoms with van der Waals surface area (Å²) in [5.74, 6) is 0.0662. The van der Waals surface area contributed by atoms with Gasteiger partial charge in [0.1, 0.15) is 11.4 Å². The summed E-state index contributed by atoms with van der Waals surface area (Å²) in [5.41, 5.74) is -0.878. The first-order valence-corrected chi connectivity index (χ1v) is 15.7. The monoisotopic (exact) mass is 834 g/mol. The Morgan fingerprint density at radius 2 is 1.60 bits per heavy atom. The van der Waals surface area contributed by atoms with Crippen LogP contribution >= 0.6 is 67.8 Å². The first kappa shape index (κ1) is 26.1. The van der Waals surface area contributed by atoms with E-state index in [9.17, 15) is 18.0 Å². The second-order valence-corrected chi connectivity index (χ2v) is 14.8. The number of esters is 2. The minimum absolute atomic E-state index is 0.215. The molecule has 4 aliphatic carbocycles. The molecule has 2 aromatic carbocycles. The predicted molar refractivity (Wildman–Crippen MR) is 152 cm³/mol. The van der Waals surface area contributed by atoms with Gasteiger partial charge in [-0.1, -0.05) is 0 Å². The molecular formula is C24H21I3O7S. The van der Waals surface area contributed by atoms with Crippen LogP contribution in [0.15, 0.2) is 41.3 Å². The number of benzene rings is 2. The van der Waals surface area contributed by atoms with Crippen LogP contribution in [0.25, 0.3) is 0 Å². The van der Waals surface area contributed by atoms with Crippen molar-refractivity contribution in [1.82, 2.24) is 0 Å². The average molecular weight is 834 g/mol. The third kappa shape index (κ3) is 5.12. The van der Waals surface area contributed by atoms with Crippen molar-refractivity contribution >= 4 is 89.8 Å². The van der Waals surface area contributed by atoms with Gasteiger partial charge < -0.3 is 9.47 Å². The van der Waals surface area contributed by atoms with Crippen LogP contribution in [0.2, 0.25) is 0 Å². The Morgan fingerprint density at radius 3 is 2.20 bits per heavy atom. The van der Waals surface area contributed by atoms with E-state index in [0.717, 1.165) is 30.0 Å². The number of hydrogen-bond donors (Lipinski definition) is 1. The molecule has 0 amide bonds. The minimum Gasteiger partial charge on any atom is -0.455 e. The van der Waals surface area contributed by atoms with Crippen molar-refractivity contribution in [2.24, 2.45) is 17.3 Å². The third-order valence-corrected chi connectivity index (χ3v) is 11.8. The molecule has 0 radical (unpaired) electrons. The van der Waals surface area contributed by atoms with Crippen LogP contribution in [0.1, 0.15) is 48.9 Å². The SMILES string of the molecule is O=C(OC12CC3CC(C1)CC(C(=O)Oc1ccc(S(=O)(=O)O)cc1)(C3)C2)c1cc(I)cc(I)c1I. The molecule has 0 aromatic heterocycles. The van der Waals surface area contributed by atoms with E-state index in [1.807, 2.05) is 12.1 Å². The molecule has 4 fully saturated rings. The fourth-order valence-electron chi connectivity index (χ4n) is 6.39. The highest BCUT2D eigenvalue weighted by Crippen LogP contribution is 2.63. The van der Waals surface area contributed by atoms with Crippen LogP contribution in [0, 0.1) is 28.0 Å². The van der Waals surface area contributed by atoms with Gasteiger partial charge in [0, 0.05) is 17.1 Å². The Labute approximate surface area is 244 Å². The molecule has 6 rings (SSSR count). The Bertz CT molecular complexity index is 1310. The average Bonchev–Trinajstić information content (AvgIpc) is 2.74. The van der Waals surface area contributed by atoms with E-state index in [-0.39, 0.29) is 34.4 Å². The molecule has 1 N–H and O–H groups in total. The highest BCUT2D eigenvalue weighted by Gasteiger charge is 2.63. The van der Waals surface area contributed by atoms with Gasteiger partial charge in [0.25, 0.3) is 10.1 Å². The minimum atomic E-state index is -4.33. The molecular weight excluding hydrogens is 813 g/mol. The summed E-state index contributed by atoms with van der Waals surface area (Å²) < 4.78 is 46.5. The Balaban J connectivity index is 1.38. The van der Waals surface area contributed by atoms with Gasteiger partial charge in [-0.15, -0.1) is 0 Å². The van der Waals surface area contributed by atoms with E-state index in [4.69, 9.17) is 14.0 Å². The topological polar surface area (TPSA) is 107 Å². The van der Waals surface area contributed by atoms with Gasteiger partial charge in [0.2, 0.25) is 0 Å². The lowest BCUT2D eigenvalue weighted by Gasteiger charge is -2.59. The Kier molecular flexibility index (Phi) is 6.97. The lowest BCUT2D eigenvalue weighted by molar-refractivity contribution is -0.189. The maximum absolute atomic E-state index is 13.5. The van der Waals surface area contributed by atoms with Crippen LogP contribution < -0.4 is 4.74 Å². The molecule has 0 aliphatic heterocycles. The van der Waals surface area contributed by atoms with E-state index in [2.05, 4.69) is 67.8 Å². The standard InChI is InChI=1S/C24H21I3O7S/c25-15-6-18(20(27)19(26)7-15)21(28)34-24-10-13-5-14(11-24)9-23(8-13,12-24)22(29)33-16-1-3-17(4-2-16)35(30,31)32/h1-4,6-7,13-14H,5,8-12H2,(H,30,31,32). The molecule has 0 saturated heterocycles. The van der Waals surface area contributed by atoms with Gasteiger partial charge in [-0.3, -0.25) is 9.35 Å². The molecule has 35 heavy (non-hydrogen) atoms. The zero-order valence-electron chi connectivity index (χ0n) is 18.3. The van der Waals surface area contributed by atoms with Crippen molar-refractivity contribution in [3.05, 3.63) is 52.7 Å². The molecule has 4 aliphatic rings. The van der Waals surface area contributed by atoms with Crippen LogP contribution in [0.3, 0.4) is 0 Å². The fraction of sp³-hybridized carbons (Fsp3) is 0.417. The van der Waals surface area contributed by atoms with E-state index in [1.165, 1.54) is 24.3 Å². The highest BCUT2D eigenvalue weighted by atomic mass is 127. The molecule has 2 aromatic rings. The normalized spacial score (nSPS) is 29.1. The van der Waals surface area contributed by atoms with E-state index in [1.54, 1.807) is 0 Å². The molecule has 4 saturated carbocycles. The van der Waals surface area contributed by atoms with Crippen molar-refractivity contribution in [1.29, 1.82) is 0 Å². The van der Waals surface area contributed by atoms with Gasteiger partial charge in [0.05, 0.1) is 15.9 Å². The molecule has 11 heteroatoms. The van der Waals surface area contributed by atoms with Crippen LogP contribution in [0.4, 0.5) is 0 Å². The lowest BCUT2D eigenvalue weighted by atomic mass is 9.48. The van der Waals surface area contributed by atoms with Crippen LogP contribution in [0.5, 0.6) is 5.75 Å². The van der Waals surface area contributed by atoms with Crippen LogP contribution in [-0.2, 0) is 19.6 Å². The molecule has 2 unspecified atom stereocenters. The molecule has 2 atom stereocenters. The second kappa shape index (κ2) is 9.34. The second-order valence-electron chi connectivity index (χ2n) is 9.90. The summed E-state index contributed by atoms with van der Waals surface area (Å²) in [5, 5.41) is 0. The van der Waals surface area contributed by atoms with Gasteiger partial charge in [-0.25, -0.2) is 4.79 Å². The molecule has 186 valence electrons. The van der Waals surface area contributed by atoms with Crippen molar-refractivity contribution in [2.75, 3.05) is 0 Å². The molecule has 0 heterocycles. The third-order valence-electron chi connectivity index (χ3n) is 7.29. The quantitative estimate of drug-likeness (QED) is 0.133. The summed E-state index contributed by atoms with van der Waals surface area (Å²) in [6, 6.07) is 8.97. The number of rotatable bonds is 5. The zero-order chi connectivity index (χ0) is 25.2. The number of ether oxygens (including phenoxy) is 2. The first-order valence-electron chi connectivity index (χ1n) is 11.1. The number of hydrogen-bond acceptors (Lipinski definition) is 6. The fourth-order valence-corrected chi connectivity index (χ4v) is 9.24. The van der Waals surface area contributed by atoms with Gasteiger partial charge in [-0.05, 0) is 148 Å². The van der Waals surface area contributed by atoms with Gasteiger partial charge >= 0.3 is 11.9 Å². The molecule has 0 spiro atoms. The number of carbonyl (C=O) groups is 2. The lowest BCUT2D eigenvalue weighted by Crippen LogP contribution is -2.60.